The van der Waals surface area contributed by atoms with E-state index in [1.165, 1.54) is 6.07 Å². The second kappa shape index (κ2) is 7.03. The lowest BCUT2D eigenvalue weighted by Crippen LogP contribution is -2.16. The summed E-state index contributed by atoms with van der Waals surface area (Å²) in [6.45, 7) is 2.35. The highest BCUT2D eigenvalue weighted by Gasteiger charge is 2.18. The van der Waals surface area contributed by atoms with Gasteiger partial charge in [-0.3, -0.25) is 9.48 Å². The van der Waals surface area contributed by atoms with Crippen molar-refractivity contribution in [3.8, 4) is 0 Å². The number of rotatable bonds is 4. The average Bonchev–Trinajstić information content (AvgIpc) is 2.98. The van der Waals surface area contributed by atoms with Crippen LogP contribution in [0.4, 0.5) is 14.6 Å². The summed E-state index contributed by atoms with van der Waals surface area (Å²) >= 11 is 6.19. The van der Waals surface area contributed by atoms with E-state index in [0.717, 1.165) is 23.3 Å². The van der Waals surface area contributed by atoms with Gasteiger partial charge in [-0.1, -0.05) is 29.8 Å². The maximum absolute atomic E-state index is 13.6. The summed E-state index contributed by atoms with van der Waals surface area (Å²) < 4.78 is 28.9. The number of aromatic nitrogens is 2. The van der Waals surface area contributed by atoms with Gasteiger partial charge in [0.15, 0.2) is 5.82 Å². The molecule has 0 saturated heterocycles. The van der Waals surface area contributed by atoms with Gasteiger partial charge in [0.05, 0.1) is 6.54 Å². The Kier molecular flexibility index (Phi) is 4.81. The highest BCUT2D eigenvalue weighted by atomic mass is 35.5. The Labute approximate surface area is 148 Å². The van der Waals surface area contributed by atoms with Crippen molar-refractivity contribution < 1.29 is 13.6 Å². The quantitative estimate of drug-likeness (QED) is 0.747. The van der Waals surface area contributed by atoms with Crippen molar-refractivity contribution in [3.05, 3.63) is 82.0 Å². The van der Waals surface area contributed by atoms with E-state index < -0.39 is 23.1 Å². The zero-order valence-corrected chi connectivity index (χ0v) is 14.0. The number of carbonyl (C=O) groups excluding carboxylic acids is 1. The van der Waals surface area contributed by atoms with E-state index in [2.05, 4.69) is 10.4 Å². The number of benzene rings is 2. The van der Waals surface area contributed by atoms with Crippen LogP contribution in [-0.4, -0.2) is 15.7 Å². The highest BCUT2D eigenvalue weighted by Crippen LogP contribution is 2.21. The Bertz CT molecular complexity index is 899. The lowest BCUT2D eigenvalue weighted by atomic mass is 10.1. The van der Waals surface area contributed by atoms with Crippen LogP contribution in [0.5, 0.6) is 0 Å². The summed E-state index contributed by atoms with van der Waals surface area (Å²) in [5, 5.41) is 7.21. The Morgan fingerprint density at radius 1 is 1.16 bits per heavy atom. The molecule has 0 bridgehead atoms. The third-order valence-electron chi connectivity index (χ3n) is 3.75. The molecule has 3 aromatic rings. The Morgan fingerprint density at radius 2 is 1.84 bits per heavy atom. The molecule has 4 nitrogen and oxygen atoms in total. The molecule has 1 aromatic heterocycles. The minimum atomic E-state index is -0.927. The summed E-state index contributed by atoms with van der Waals surface area (Å²) in [4.78, 5) is 12.1. The van der Waals surface area contributed by atoms with E-state index in [0.29, 0.717) is 11.6 Å². The number of hydrogen-bond donors (Lipinski definition) is 1. The van der Waals surface area contributed by atoms with Crippen LogP contribution in [0.25, 0.3) is 0 Å². The standard InChI is InChI=1S/C18H14ClF2N3O/c1-11-4-2-5-13(19)12(11)10-24-9-8-16(23-24)22-18(25)17-14(20)6-3-7-15(17)21/h2-9H,10H2,1H3,(H,22,23,25). The van der Waals surface area contributed by atoms with Crippen molar-refractivity contribution >= 4 is 23.3 Å². The molecule has 0 fully saturated rings. The second-order valence-electron chi connectivity index (χ2n) is 5.48. The van der Waals surface area contributed by atoms with Gasteiger partial charge in [-0.05, 0) is 36.2 Å². The third-order valence-corrected chi connectivity index (χ3v) is 4.10. The summed E-state index contributed by atoms with van der Waals surface area (Å²) in [6.07, 6.45) is 1.65. The fourth-order valence-corrected chi connectivity index (χ4v) is 2.72. The molecule has 0 atom stereocenters. The van der Waals surface area contributed by atoms with Crippen LogP contribution < -0.4 is 5.32 Å². The van der Waals surface area contributed by atoms with E-state index in [4.69, 9.17) is 11.6 Å². The van der Waals surface area contributed by atoms with Gasteiger partial charge in [0.25, 0.3) is 5.91 Å². The van der Waals surface area contributed by atoms with Crippen molar-refractivity contribution in [1.29, 1.82) is 0 Å². The Morgan fingerprint density at radius 3 is 2.52 bits per heavy atom. The molecule has 25 heavy (non-hydrogen) atoms. The van der Waals surface area contributed by atoms with Crippen LogP contribution in [-0.2, 0) is 6.54 Å². The first-order chi connectivity index (χ1) is 12.0. The lowest BCUT2D eigenvalue weighted by molar-refractivity contribution is 0.101. The third kappa shape index (κ3) is 3.69. The smallest absolute Gasteiger partial charge is 0.262 e. The molecule has 1 heterocycles. The lowest BCUT2D eigenvalue weighted by Gasteiger charge is -2.08. The monoisotopic (exact) mass is 361 g/mol. The molecule has 1 amide bonds. The van der Waals surface area contributed by atoms with E-state index in [9.17, 15) is 13.6 Å². The zero-order valence-electron chi connectivity index (χ0n) is 13.3. The fraction of sp³-hybridized carbons (Fsp3) is 0.111. The molecule has 7 heteroatoms. The molecule has 0 spiro atoms. The summed E-state index contributed by atoms with van der Waals surface area (Å²) in [5.41, 5.74) is 1.28. The van der Waals surface area contributed by atoms with Crippen LogP contribution in [0.3, 0.4) is 0 Å². The molecule has 0 radical (unpaired) electrons. The number of nitrogens with zero attached hydrogens (tertiary/aromatic N) is 2. The SMILES string of the molecule is Cc1cccc(Cl)c1Cn1ccc(NC(=O)c2c(F)cccc2F)n1. The number of aryl methyl sites for hydroxylation is 1. The minimum absolute atomic E-state index is 0.192. The summed E-state index contributed by atoms with van der Waals surface area (Å²) in [5.74, 6) is -2.56. The second-order valence-corrected chi connectivity index (χ2v) is 5.89. The number of nitrogens with one attached hydrogen (secondary N) is 1. The molecule has 0 unspecified atom stereocenters. The Hall–Kier alpha value is -2.73. The molecule has 3 rings (SSSR count). The van der Waals surface area contributed by atoms with E-state index in [1.54, 1.807) is 23.0 Å². The number of carbonyl (C=O) groups is 1. The molecule has 0 aliphatic heterocycles. The average molecular weight is 362 g/mol. The van der Waals surface area contributed by atoms with Gasteiger partial charge in [0.2, 0.25) is 0 Å². The predicted molar refractivity (Wildman–Crippen MR) is 91.8 cm³/mol. The number of amides is 1. The largest absolute Gasteiger partial charge is 0.305 e. The maximum Gasteiger partial charge on any atom is 0.262 e. The highest BCUT2D eigenvalue weighted by molar-refractivity contribution is 6.31. The van der Waals surface area contributed by atoms with Gasteiger partial charge in [0.1, 0.15) is 17.2 Å². The topological polar surface area (TPSA) is 46.9 Å². The number of hydrogen-bond acceptors (Lipinski definition) is 2. The molecule has 0 aliphatic rings. The number of anilines is 1. The predicted octanol–water partition coefficient (Wildman–Crippen LogP) is 4.42. The Balaban J connectivity index is 1.77. The molecule has 0 saturated carbocycles. The fourth-order valence-electron chi connectivity index (χ4n) is 2.44. The van der Waals surface area contributed by atoms with Gasteiger partial charge < -0.3 is 5.32 Å². The summed E-state index contributed by atoms with van der Waals surface area (Å²) in [6, 6.07) is 10.4. The number of halogens is 3. The van der Waals surface area contributed by atoms with Gasteiger partial charge in [-0.15, -0.1) is 0 Å². The van der Waals surface area contributed by atoms with Crippen molar-refractivity contribution in [2.45, 2.75) is 13.5 Å². The molecule has 2 aromatic carbocycles. The van der Waals surface area contributed by atoms with Gasteiger partial charge >= 0.3 is 0 Å². The van der Waals surface area contributed by atoms with Crippen LogP contribution in [0.15, 0.2) is 48.7 Å². The summed E-state index contributed by atoms with van der Waals surface area (Å²) in [7, 11) is 0. The first-order valence-corrected chi connectivity index (χ1v) is 7.86. The van der Waals surface area contributed by atoms with Crippen molar-refractivity contribution in [2.75, 3.05) is 5.32 Å². The van der Waals surface area contributed by atoms with E-state index >= 15 is 0 Å². The van der Waals surface area contributed by atoms with Crippen LogP contribution in [0.2, 0.25) is 5.02 Å². The van der Waals surface area contributed by atoms with E-state index in [1.807, 2.05) is 19.1 Å². The van der Waals surface area contributed by atoms with Crippen LogP contribution in [0, 0.1) is 18.6 Å². The van der Waals surface area contributed by atoms with Crippen LogP contribution >= 0.6 is 11.6 Å². The minimum Gasteiger partial charge on any atom is -0.305 e. The van der Waals surface area contributed by atoms with Crippen LogP contribution in [0.1, 0.15) is 21.5 Å². The molecular weight excluding hydrogens is 348 g/mol. The van der Waals surface area contributed by atoms with Crippen molar-refractivity contribution in [2.24, 2.45) is 0 Å². The normalized spacial score (nSPS) is 10.7. The molecular formula is C18H14ClF2N3O. The molecule has 128 valence electrons. The van der Waals surface area contributed by atoms with E-state index in [-0.39, 0.29) is 5.82 Å². The van der Waals surface area contributed by atoms with Crippen molar-refractivity contribution in [3.63, 3.8) is 0 Å². The zero-order chi connectivity index (χ0) is 18.0. The first-order valence-electron chi connectivity index (χ1n) is 7.48. The van der Waals surface area contributed by atoms with Gasteiger partial charge in [-0.2, -0.15) is 5.10 Å². The van der Waals surface area contributed by atoms with Gasteiger partial charge in [-0.25, -0.2) is 8.78 Å². The maximum atomic E-state index is 13.6. The van der Waals surface area contributed by atoms with Crippen molar-refractivity contribution in [1.82, 2.24) is 9.78 Å². The first kappa shape index (κ1) is 17.1. The molecule has 0 aliphatic carbocycles. The van der Waals surface area contributed by atoms with Gasteiger partial charge in [0, 0.05) is 17.3 Å². The molecule has 1 N–H and O–H groups in total.